The first-order chi connectivity index (χ1) is 28.3. The number of allylic oxidation sites excluding steroid dienone is 2. The monoisotopic (exact) mass is 887 g/mol. The molecule has 2 aromatic carbocycles. The van der Waals surface area contributed by atoms with E-state index in [-0.39, 0.29) is 18.6 Å². The molecule has 0 radical (unpaired) electrons. The number of rotatable bonds is 22. The van der Waals surface area contributed by atoms with Gasteiger partial charge in [0.25, 0.3) is 8.32 Å². The molecular weight excluding hydrogens is 824 g/mol. The molecule has 0 spiro atoms. The zero-order chi connectivity index (χ0) is 44.6. The van der Waals surface area contributed by atoms with Gasteiger partial charge in [0, 0.05) is 24.5 Å². The number of hydrogen-bond donors (Lipinski definition) is 1. The summed E-state index contributed by atoms with van der Waals surface area (Å²) in [5.41, 5.74) is -7.39. The van der Waals surface area contributed by atoms with Crippen LogP contribution in [0.2, 0.25) is 23.2 Å². The summed E-state index contributed by atoms with van der Waals surface area (Å²) < 4.78 is 88.6. The topological polar surface area (TPSA) is 123 Å². The zero-order valence-corrected chi connectivity index (χ0v) is 39.1. The summed E-state index contributed by atoms with van der Waals surface area (Å²) in [6.45, 7) is 18.1. The quantitative estimate of drug-likeness (QED) is 0.0181. The minimum atomic E-state index is -6.25. The summed E-state index contributed by atoms with van der Waals surface area (Å²) >= 11 is 0. The lowest BCUT2D eigenvalue weighted by molar-refractivity contribution is -0.123. The number of carbonyl (C=O) groups excluding carboxylic acids is 1. The van der Waals surface area contributed by atoms with E-state index in [9.17, 15) is 32.0 Å². The number of benzene rings is 2. The van der Waals surface area contributed by atoms with Crippen LogP contribution in [0.1, 0.15) is 93.4 Å². The van der Waals surface area contributed by atoms with Gasteiger partial charge in [0.2, 0.25) is 0 Å². The van der Waals surface area contributed by atoms with Crippen molar-refractivity contribution < 1.29 is 44.5 Å². The molecule has 6 atom stereocenters. The highest BCUT2D eigenvalue weighted by molar-refractivity contribution is 7.87. The van der Waals surface area contributed by atoms with Gasteiger partial charge in [-0.1, -0.05) is 133 Å². The summed E-state index contributed by atoms with van der Waals surface area (Å²) in [4.78, 5) is 15.2. The van der Waals surface area contributed by atoms with Gasteiger partial charge in [-0.15, -0.1) is 6.58 Å². The SMILES string of the molecule is C=C[C@]1(O[Si](CC)(CC)CC)[C@@H]2C(=O)/C(=C(/CCO[Si](c3ccccc3)(c3ccccc3)C(C)(C)C)OS(=O)(=O)C(F)(F)F)[C@H]1[C@H](CCCCC/C=C/C)[C@H]2C[C@H](O)C#N. The fourth-order valence-corrected chi connectivity index (χ4v) is 18.2. The van der Waals surface area contributed by atoms with Crippen molar-refractivity contribution in [3.05, 3.63) is 96.8 Å². The highest BCUT2D eigenvalue weighted by atomic mass is 32.2. The zero-order valence-electron chi connectivity index (χ0n) is 36.3. The predicted octanol–water partition coefficient (Wildman–Crippen LogP) is 9.88. The van der Waals surface area contributed by atoms with Gasteiger partial charge >= 0.3 is 15.6 Å². The number of carbonyl (C=O) groups is 1. The molecule has 4 rings (SSSR count). The molecule has 2 aliphatic carbocycles. The Morgan fingerprint density at radius 3 is 1.98 bits per heavy atom. The van der Waals surface area contributed by atoms with Gasteiger partial charge in [0.05, 0.1) is 17.6 Å². The lowest BCUT2D eigenvalue weighted by Crippen LogP contribution is -2.66. The molecular formula is C46H64F3NO7SSi2. The second-order valence-corrected chi connectivity index (χ2v) is 27.8. The van der Waals surface area contributed by atoms with Crippen molar-refractivity contribution in [3.8, 4) is 6.07 Å². The molecule has 2 aliphatic rings. The average molecular weight is 888 g/mol. The van der Waals surface area contributed by atoms with Gasteiger partial charge in [-0.2, -0.15) is 26.9 Å². The number of alkyl halides is 3. The maximum absolute atomic E-state index is 15.2. The number of nitriles is 1. The fraction of sp³-hybridized carbons (Fsp3) is 0.565. The molecule has 2 bridgehead atoms. The molecule has 14 heteroatoms. The Labute approximate surface area is 358 Å². The molecule has 0 aromatic heterocycles. The number of hydrogen-bond acceptors (Lipinski definition) is 8. The highest BCUT2D eigenvalue weighted by Gasteiger charge is 2.71. The Hall–Kier alpha value is -3.33. The first-order valence-corrected chi connectivity index (χ1v) is 27.2. The third kappa shape index (κ3) is 9.82. The summed E-state index contributed by atoms with van der Waals surface area (Å²) in [5, 5.41) is 21.9. The van der Waals surface area contributed by atoms with E-state index >= 15 is 4.79 Å². The number of nitrogens with zero attached hydrogens (tertiary/aromatic N) is 1. The third-order valence-corrected chi connectivity index (χ3v) is 23.7. The van der Waals surface area contributed by atoms with Crippen molar-refractivity contribution in [1.82, 2.24) is 0 Å². The normalized spacial score (nSPS) is 23.8. The molecule has 2 fully saturated rings. The summed E-state index contributed by atoms with van der Waals surface area (Å²) in [5.74, 6) is -4.31. The van der Waals surface area contributed by atoms with E-state index in [4.69, 9.17) is 13.0 Å². The Morgan fingerprint density at radius 2 is 1.52 bits per heavy atom. The summed E-state index contributed by atoms with van der Waals surface area (Å²) in [6, 6.07) is 23.2. The molecule has 2 saturated carbocycles. The van der Waals surface area contributed by atoms with Crippen molar-refractivity contribution in [2.24, 2.45) is 23.7 Å². The third-order valence-electron chi connectivity index (χ3n) is 13.0. The van der Waals surface area contributed by atoms with Crippen molar-refractivity contribution in [1.29, 1.82) is 5.26 Å². The molecule has 0 saturated heterocycles. The number of aliphatic hydroxyl groups excluding tert-OH is 1. The van der Waals surface area contributed by atoms with Crippen molar-refractivity contribution in [2.45, 2.75) is 134 Å². The minimum absolute atomic E-state index is 0.0637. The summed E-state index contributed by atoms with van der Waals surface area (Å²) in [7, 11) is -12.2. The van der Waals surface area contributed by atoms with E-state index in [0.717, 1.165) is 29.6 Å². The average Bonchev–Trinajstić information content (AvgIpc) is 3.61. The van der Waals surface area contributed by atoms with Crippen molar-refractivity contribution in [2.75, 3.05) is 6.61 Å². The van der Waals surface area contributed by atoms with E-state index in [1.54, 1.807) is 6.08 Å². The molecule has 8 nitrogen and oxygen atoms in total. The van der Waals surface area contributed by atoms with E-state index < -0.39 is 90.6 Å². The number of fused-ring (bicyclic) bond motifs is 2. The molecule has 0 amide bonds. The van der Waals surface area contributed by atoms with Crippen LogP contribution in [0, 0.1) is 35.0 Å². The van der Waals surface area contributed by atoms with E-state index in [1.807, 2.05) is 121 Å². The minimum Gasteiger partial charge on any atom is -0.407 e. The van der Waals surface area contributed by atoms with Gasteiger partial charge in [-0.05, 0) is 78.0 Å². The molecule has 0 unspecified atom stereocenters. The molecule has 1 N–H and O–H groups in total. The lowest BCUT2D eigenvalue weighted by atomic mass is 9.71. The van der Waals surface area contributed by atoms with Crippen LogP contribution in [0.25, 0.3) is 0 Å². The Bertz CT molecular complexity index is 1930. The van der Waals surface area contributed by atoms with Crippen LogP contribution in [-0.2, 0) is 27.9 Å². The van der Waals surface area contributed by atoms with E-state index in [1.165, 1.54) is 0 Å². The number of ketones is 1. The summed E-state index contributed by atoms with van der Waals surface area (Å²) in [6.07, 6.45) is 7.44. The van der Waals surface area contributed by atoms with Crippen LogP contribution < -0.4 is 10.4 Å². The lowest BCUT2D eigenvalue weighted by Gasteiger charge is -2.43. The first-order valence-electron chi connectivity index (χ1n) is 21.4. The number of Topliss-reactive ketones (excluding diaryl/α,β-unsaturated/α-hetero) is 1. The first kappa shape index (κ1) is 49.3. The molecule has 2 aromatic rings. The predicted molar refractivity (Wildman–Crippen MR) is 236 cm³/mol. The molecule has 0 aliphatic heterocycles. The Kier molecular flexibility index (Phi) is 16.6. The molecule has 330 valence electrons. The maximum Gasteiger partial charge on any atom is 0.534 e. The van der Waals surface area contributed by atoms with E-state index in [2.05, 4.69) is 12.7 Å². The largest absolute Gasteiger partial charge is 0.534 e. The second kappa shape index (κ2) is 20.2. The Balaban J connectivity index is 1.99. The van der Waals surface area contributed by atoms with Gasteiger partial charge in [0.15, 0.2) is 14.1 Å². The molecule has 0 heterocycles. The van der Waals surface area contributed by atoms with Gasteiger partial charge in [0.1, 0.15) is 11.9 Å². The van der Waals surface area contributed by atoms with Crippen molar-refractivity contribution >= 4 is 42.9 Å². The van der Waals surface area contributed by atoms with E-state index in [0.29, 0.717) is 31.0 Å². The van der Waals surface area contributed by atoms with Gasteiger partial charge < -0.3 is 18.1 Å². The Morgan fingerprint density at radius 1 is 0.950 bits per heavy atom. The van der Waals surface area contributed by atoms with Gasteiger partial charge in [-0.3, -0.25) is 4.79 Å². The van der Waals surface area contributed by atoms with Crippen LogP contribution in [0.5, 0.6) is 0 Å². The van der Waals surface area contributed by atoms with Crippen LogP contribution in [0.3, 0.4) is 0 Å². The van der Waals surface area contributed by atoms with Crippen LogP contribution in [0.4, 0.5) is 13.2 Å². The van der Waals surface area contributed by atoms with Crippen molar-refractivity contribution in [3.63, 3.8) is 0 Å². The number of unbranched alkanes of at least 4 members (excludes halogenated alkanes) is 3. The van der Waals surface area contributed by atoms with Gasteiger partial charge in [-0.25, -0.2) is 0 Å². The number of aliphatic hydroxyl groups is 1. The van der Waals surface area contributed by atoms with Crippen LogP contribution in [-0.4, -0.2) is 59.8 Å². The van der Waals surface area contributed by atoms with Crippen LogP contribution in [0.15, 0.2) is 96.8 Å². The van der Waals surface area contributed by atoms with Crippen LogP contribution >= 0.6 is 0 Å². The maximum atomic E-state index is 15.2. The number of halogens is 3. The standard InChI is InChI=1S/C46H64F3NO7SSi2/c1-9-14-15-16-17-24-29-37-38(32-34(51)33-50)42-43(52)40(41(37)45(42,10-2)57-59(11-3,12-4)13-5)39(56-58(53,54)46(47,48)49)30-31-55-60(44(6,7)8,35-25-20-18-21-26-35)36-27-22-19-23-28-36/h9-10,14,18-23,25-28,34,37-38,41-42,51H,2,11-13,15-17,24,29-32H2,1,3-8H3/b14-9+,40-39-/t34-,37+,38+,41+,42-,45+/m0/s1. The second-order valence-electron chi connectivity index (χ2n) is 17.2. The molecule has 60 heavy (non-hydrogen) atoms. The highest BCUT2D eigenvalue weighted by Crippen LogP contribution is 2.65. The smallest absolute Gasteiger partial charge is 0.407 e. The fourth-order valence-electron chi connectivity index (χ4n) is 10.0.